The van der Waals surface area contributed by atoms with E-state index in [9.17, 15) is 0 Å². The van der Waals surface area contributed by atoms with Crippen molar-refractivity contribution in [2.24, 2.45) is 12.0 Å². The number of hydrogen-bond donors (Lipinski definition) is 0. The third-order valence-electron chi connectivity index (χ3n) is 4.02. The first-order valence-corrected chi connectivity index (χ1v) is 7.30. The molecule has 0 aliphatic rings. The Kier molecular flexibility index (Phi) is 3.56. The first kappa shape index (κ1) is 13.9. The lowest BCUT2D eigenvalue weighted by Crippen LogP contribution is -1.91. The highest BCUT2D eigenvalue weighted by molar-refractivity contribution is 6.31. The summed E-state index contributed by atoms with van der Waals surface area (Å²) in [5, 5.41) is 1.97. The average Bonchev–Trinajstić information content (AvgIpc) is 2.73. The Labute approximate surface area is 129 Å². The van der Waals surface area contributed by atoms with Gasteiger partial charge in [-0.15, -0.1) is 0 Å². The highest BCUT2D eigenvalue weighted by Crippen LogP contribution is 2.27. The van der Waals surface area contributed by atoms with E-state index in [0.717, 1.165) is 21.8 Å². The zero-order valence-corrected chi connectivity index (χ0v) is 13.1. The largest absolute Gasteiger partial charge is 0.347 e. The Morgan fingerprint density at radius 3 is 2.62 bits per heavy atom. The van der Waals surface area contributed by atoms with Gasteiger partial charge in [0.15, 0.2) is 0 Å². The van der Waals surface area contributed by atoms with Crippen LogP contribution >= 0.6 is 11.6 Å². The van der Waals surface area contributed by atoms with Crippen molar-refractivity contribution in [1.29, 1.82) is 0 Å². The molecule has 3 rings (SSSR count). The van der Waals surface area contributed by atoms with Crippen molar-refractivity contribution in [1.82, 2.24) is 4.57 Å². The number of rotatable bonds is 2. The van der Waals surface area contributed by atoms with Gasteiger partial charge >= 0.3 is 0 Å². The summed E-state index contributed by atoms with van der Waals surface area (Å²) in [6.45, 7) is 4.11. The fourth-order valence-electron chi connectivity index (χ4n) is 2.58. The van der Waals surface area contributed by atoms with Crippen molar-refractivity contribution in [3.8, 4) is 0 Å². The standard InChI is InChI=1S/C18H17ClN2/c1-12-16(19)8-6-9-17(12)20-11-15-13(2)21(3)18-10-5-4-7-14(15)18/h4-11H,1-3H3. The molecule has 3 aromatic rings. The van der Waals surface area contributed by atoms with E-state index in [2.05, 4.69) is 47.8 Å². The number of benzene rings is 2. The van der Waals surface area contributed by atoms with Crippen LogP contribution in [0.4, 0.5) is 5.69 Å². The van der Waals surface area contributed by atoms with Crippen molar-refractivity contribution >= 4 is 34.4 Å². The summed E-state index contributed by atoms with van der Waals surface area (Å²) in [7, 11) is 2.08. The lowest BCUT2D eigenvalue weighted by molar-refractivity contribution is 0.917. The van der Waals surface area contributed by atoms with E-state index in [1.54, 1.807) is 0 Å². The van der Waals surface area contributed by atoms with Gasteiger partial charge < -0.3 is 4.57 Å². The van der Waals surface area contributed by atoms with Crippen LogP contribution in [-0.4, -0.2) is 10.8 Å². The first-order chi connectivity index (χ1) is 10.1. The van der Waals surface area contributed by atoms with E-state index >= 15 is 0 Å². The van der Waals surface area contributed by atoms with Crippen LogP contribution in [-0.2, 0) is 7.05 Å². The molecule has 0 radical (unpaired) electrons. The molecular weight excluding hydrogens is 280 g/mol. The Balaban J connectivity index is 2.12. The van der Waals surface area contributed by atoms with E-state index in [4.69, 9.17) is 11.6 Å². The number of hydrogen-bond acceptors (Lipinski definition) is 1. The summed E-state index contributed by atoms with van der Waals surface area (Å²) in [4.78, 5) is 4.64. The number of aliphatic imine (C=N–C) groups is 1. The van der Waals surface area contributed by atoms with E-state index in [1.807, 2.05) is 31.3 Å². The third kappa shape index (κ3) is 2.36. The Morgan fingerprint density at radius 2 is 1.81 bits per heavy atom. The SMILES string of the molecule is Cc1c(Cl)cccc1N=Cc1c(C)n(C)c2ccccc12. The van der Waals surface area contributed by atoms with Crippen LogP contribution in [0.25, 0.3) is 10.9 Å². The van der Waals surface area contributed by atoms with Gasteiger partial charge in [-0.2, -0.15) is 0 Å². The first-order valence-electron chi connectivity index (χ1n) is 6.93. The molecule has 0 unspecified atom stereocenters. The lowest BCUT2D eigenvalue weighted by Gasteiger charge is -2.02. The number of halogens is 1. The topological polar surface area (TPSA) is 17.3 Å². The number of aromatic nitrogens is 1. The molecule has 0 spiro atoms. The number of para-hydroxylation sites is 1. The highest BCUT2D eigenvalue weighted by atomic mass is 35.5. The van der Waals surface area contributed by atoms with Crippen molar-refractivity contribution in [3.63, 3.8) is 0 Å². The minimum atomic E-state index is 0.749. The van der Waals surface area contributed by atoms with Crippen LogP contribution in [0, 0.1) is 13.8 Å². The molecule has 21 heavy (non-hydrogen) atoms. The molecular formula is C18H17ClN2. The Hall–Kier alpha value is -2.06. The third-order valence-corrected chi connectivity index (χ3v) is 4.43. The van der Waals surface area contributed by atoms with Crippen LogP contribution in [0.3, 0.4) is 0 Å². The van der Waals surface area contributed by atoms with Crippen molar-refractivity contribution in [2.45, 2.75) is 13.8 Å². The number of fused-ring (bicyclic) bond motifs is 1. The van der Waals surface area contributed by atoms with E-state index in [0.29, 0.717) is 0 Å². The van der Waals surface area contributed by atoms with Gasteiger partial charge in [-0.1, -0.05) is 35.9 Å². The molecule has 3 heteroatoms. The normalized spacial score (nSPS) is 11.6. The quantitative estimate of drug-likeness (QED) is 0.578. The van der Waals surface area contributed by atoms with Gasteiger partial charge in [0.1, 0.15) is 0 Å². The molecule has 0 atom stereocenters. The van der Waals surface area contributed by atoms with Crippen molar-refractivity contribution in [3.05, 3.63) is 64.3 Å². The fourth-order valence-corrected chi connectivity index (χ4v) is 2.75. The molecule has 0 fully saturated rings. The fraction of sp³-hybridized carbons (Fsp3) is 0.167. The molecule has 0 saturated heterocycles. The van der Waals surface area contributed by atoms with E-state index in [-0.39, 0.29) is 0 Å². The van der Waals surface area contributed by atoms with E-state index < -0.39 is 0 Å². The Morgan fingerprint density at radius 1 is 1.05 bits per heavy atom. The second-order valence-corrected chi connectivity index (χ2v) is 5.62. The highest BCUT2D eigenvalue weighted by Gasteiger charge is 2.09. The molecule has 0 bridgehead atoms. The van der Waals surface area contributed by atoms with Gasteiger partial charge in [-0.3, -0.25) is 4.99 Å². The zero-order valence-electron chi connectivity index (χ0n) is 12.4. The van der Waals surface area contributed by atoms with Gasteiger partial charge in [-0.05, 0) is 37.6 Å². The summed E-state index contributed by atoms with van der Waals surface area (Å²) in [6, 6.07) is 14.2. The Bertz CT molecular complexity index is 844. The van der Waals surface area contributed by atoms with Crippen LogP contribution in [0.15, 0.2) is 47.5 Å². The van der Waals surface area contributed by atoms with Gasteiger partial charge in [-0.25, -0.2) is 0 Å². The number of nitrogens with zero attached hydrogens (tertiary/aromatic N) is 2. The molecule has 0 aliphatic heterocycles. The van der Waals surface area contributed by atoms with Crippen LogP contribution < -0.4 is 0 Å². The lowest BCUT2D eigenvalue weighted by atomic mass is 10.1. The maximum atomic E-state index is 6.15. The van der Waals surface area contributed by atoms with Gasteiger partial charge in [0.2, 0.25) is 0 Å². The summed E-state index contributed by atoms with van der Waals surface area (Å²) in [5.41, 5.74) is 5.51. The molecule has 0 amide bonds. The predicted octanol–water partition coefficient (Wildman–Crippen LogP) is 5.20. The van der Waals surface area contributed by atoms with Crippen molar-refractivity contribution < 1.29 is 0 Å². The van der Waals surface area contributed by atoms with Crippen molar-refractivity contribution in [2.75, 3.05) is 0 Å². The minimum Gasteiger partial charge on any atom is -0.347 e. The second-order valence-electron chi connectivity index (χ2n) is 5.22. The zero-order chi connectivity index (χ0) is 15.0. The maximum Gasteiger partial charge on any atom is 0.0673 e. The van der Waals surface area contributed by atoms with E-state index in [1.165, 1.54) is 16.6 Å². The molecule has 1 heterocycles. The molecule has 2 nitrogen and oxygen atoms in total. The molecule has 106 valence electrons. The van der Waals surface area contributed by atoms with Crippen LogP contribution in [0.2, 0.25) is 5.02 Å². The predicted molar refractivity (Wildman–Crippen MR) is 91.1 cm³/mol. The summed E-state index contributed by atoms with van der Waals surface area (Å²) in [6.07, 6.45) is 1.94. The summed E-state index contributed by atoms with van der Waals surface area (Å²) >= 11 is 6.15. The number of aryl methyl sites for hydroxylation is 1. The smallest absolute Gasteiger partial charge is 0.0673 e. The second kappa shape index (κ2) is 5.38. The molecule has 0 N–H and O–H groups in total. The van der Waals surface area contributed by atoms with Crippen LogP contribution in [0.5, 0.6) is 0 Å². The van der Waals surface area contributed by atoms with Crippen LogP contribution in [0.1, 0.15) is 16.8 Å². The molecule has 2 aromatic carbocycles. The minimum absolute atomic E-state index is 0.749. The van der Waals surface area contributed by atoms with Gasteiger partial charge in [0, 0.05) is 40.4 Å². The molecule has 1 aromatic heterocycles. The molecule has 0 aliphatic carbocycles. The molecule has 0 saturated carbocycles. The summed E-state index contributed by atoms with van der Waals surface area (Å²) in [5.74, 6) is 0. The monoisotopic (exact) mass is 296 g/mol. The van der Waals surface area contributed by atoms with Gasteiger partial charge in [0.25, 0.3) is 0 Å². The summed E-state index contributed by atoms with van der Waals surface area (Å²) < 4.78 is 2.20. The van der Waals surface area contributed by atoms with Gasteiger partial charge in [0.05, 0.1) is 5.69 Å². The maximum absolute atomic E-state index is 6.15. The average molecular weight is 297 g/mol.